The normalized spacial score (nSPS) is 13.1. The minimum Gasteiger partial charge on any atom is -0.373 e. The molecule has 1 aromatic carbocycles. The molecular formula is C17H18N2O. The topological polar surface area (TPSA) is 38.1 Å². The Kier molecular flexibility index (Phi) is 4.39. The van der Waals surface area contributed by atoms with Gasteiger partial charge in [-0.2, -0.15) is 0 Å². The minimum absolute atomic E-state index is 0.512. The Morgan fingerprint density at radius 2 is 2.15 bits per heavy atom. The number of rotatable bonds is 4. The molecule has 3 nitrogen and oxygen atoms in total. The van der Waals surface area contributed by atoms with E-state index in [9.17, 15) is 5.11 Å². The number of allylic oxidation sites excluding steroid dienone is 1. The highest BCUT2D eigenvalue weighted by molar-refractivity contribution is 5.35. The molecule has 1 unspecified atom stereocenters. The van der Waals surface area contributed by atoms with Gasteiger partial charge in [-0.05, 0) is 24.3 Å². The molecule has 0 aliphatic carbocycles. The summed E-state index contributed by atoms with van der Waals surface area (Å²) in [5.41, 5.74) is -0.384. The van der Waals surface area contributed by atoms with Crippen molar-refractivity contribution in [2.24, 2.45) is 7.05 Å². The molecule has 1 aromatic heterocycles. The second kappa shape index (κ2) is 6.23. The zero-order valence-electron chi connectivity index (χ0n) is 11.6. The fourth-order valence-electron chi connectivity index (χ4n) is 1.95. The molecule has 0 spiro atoms. The maximum Gasteiger partial charge on any atom is 0.185 e. The average Bonchev–Trinajstić information content (AvgIpc) is 2.89. The highest BCUT2D eigenvalue weighted by atomic mass is 16.3. The first-order chi connectivity index (χ1) is 9.65. The third-order valence-corrected chi connectivity index (χ3v) is 3.16. The van der Waals surface area contributed by atoms with Crippen LogP contribution in [0.3, 0.4) is 0 Å². The van der Waals surface area contributed by atoms with E-state index in [0.717, 1.165) is 5.56 Å². The Morgan fingerprint density at radius 1 is 1.40 bits per heavy atom. The molecule has 1 heterocycles. The molecule has 2 aromatic rings. The molecule has 102 valence electrons. The van der Waals surface area contributed by atoms with Crippen LogP contribution in [0.25, 0.3) is 0 Å². The summed E-state index contributed by atoms with van der Waals surface area (Å²) in [5, 5.41) is 10.8. The van der Waals surface area contributed by atoms with Crippen LogP contribution in [0.2, 0.25) is 0 Å². The molecule has 0 aliphatic rings. The lowest BCUT2D eigenvalue weighted by atomic mass is 9.89. The second-order valence-electron chi connectivity index (χ2n) is 4.67. The molecule has 0 amide bonds. The molecule has 1 atom stereocenters. The highest BCUT2D eigenvalue weighted by Gasteiger charge is 2.25. The predicted octanol–water partition coefficient (Wildman–Crippen LogP) is 2.63. The molecule has 0 saturated heterocycles. The minimum atomic E-state index is -1.18. The summed E-state index contributed by atoms with van der Waals surface area (Å²) in [7, 11) is 1.88. The van der Waals surface area contributed by atoms with E-state index in [1.807, 2.05) is 48.1 Å². The van der Waals surface area contributed by atoms with Crippen LogP contribution < -0.4 is 0 Å². The van der Waals surface area contributed by atoms with E-state index in [4.69, 9.17) is 0 Å². The Morgan fingerprint density at radius 3 is 2.75 bits per heavy atom. The van der Waals surface area contributed by atoms with Crippen molar-refractivity contribution in [3.8, 4) is 11.8 Å². The third kappa shape index (κ3) is 3.17. The van der Waals surface area contributed by atoms with Crippen molar-refractivity contribution >= 4 is 0 Å². The van der Waals surface area contributed by atoms with E-state index >= 15 is 0 Å². The van der Waals surface area contributed by atoms with E-state index in [1.54, 1.807) is 12.3 Å². The number of aliphatic hydroxyl groups is 1. The summed E-state index contributed by atoms with van der Waals surface area (Å²) in [5.74, 6) is 6.56. The molecular weight excluding hydrogens is 248 g/mol. The molecule has 1 N–H and O–H groups in total. The van der Waals surface area contributed by atoms with Crippen molar-refractivity contribution in [3.05, 3.63) is 66.8 Å². The molecule has 0 saturated carbocycles. The maximum atomic E-state index is 10.8. The standard InChI is InChI=1S/C17H18N2O/c1-3-4-11-17(20,15-8-6-5-7-9-15)12-10-16-18-13-14-19(16)2/h3,5-9,13-14,20H,1,4,11H2,2H3. The quantitative estimate of drug-likeness (QED) is 0.682. The number of hydrogen-bond acceptors (Lipinski definition) is 2. The van der Waals surface area contributed by atoms with Crippen LogP contribution in [0.4, 0.5) is 0 Å². The number of benzene rings is 1. The van der Waals surface area contributed by atoms with Crippen LogP contribution in [-0.2, 0) is 12.6 Å². The van der Waals surface area contributed by atoms with Gasteiger partial charge >= 0.3 is 0 Å². The molecule has 0 bridgehead atoms. The zero-order valence-corrected chi connectivity index (χ0v) is 11.6. The number of hydrogen-bond donors (Lipinski definition) is 1. The second-order valence-corrected chi connectivity index (χ2v) is 4.67. The summed E-state index contributed by atoms with van der Waals surface area (Å²) in [6.45, 7) is 3.71. The highest BCUT2D eigenvalue weighted by Crippen LogP contribution is 2.26. The number of aromatic nitrogens is 2. The Bertz CT molecular complexity index is 634. The molecule has 20 heavy (non-hydrogen) atoms. The van der Waals surface area contributed by atoms with Crippen LogP contribution in [-0.4, -0.2) is 14.7 Å². The van der Waals surface area contributed by atoms with Crippen molar-refractivity contribution in [2.45, 2.75) is 18.4 Å². The van der Waals surface area contributed by atoms with Gasteiger partial charge < -0.3 is 9.67 Å². The lowest BCUT2D eigenvalue weighted by Crippen LogP contribution is -2.23. The van der Waals surface area contributed by atoms with E-state index < -0.39 is 5.60 Å². The smallest absolute Gasteiger partial charge is 0.185 e. The van der Waals surface area contributed by atoms with Crippen molar-refractivity contribution in [3.63, 3.8) is 0 Å². The van der Waals surface area contributed by atoms with Crippen molar-refractivity contribution in [1.82, 2.24) is 9.55 Å². The fraction of sp³-hybridized carbons (Fsp3) is 0.235. The van der Waals surface area contributed by atoms with E-state index in [2.05, 4.69) is 23.4 Å². The zero-order chi connectivity index (χ0) is 14.4. The first kappa shape index (κ1) is 14.1. The Labute approximate surface area is 119 Å². The van der Waals surface area contributed by atoms with E-state index in [0.29, 0.717) is 18.7 Å². The molecule has 3 heteroatoms. The molecule has 0 aliphatic heterocycles. The van der Waals surface area contributed by atoms with Crippen molar-refractivity contribution in [2.75, 3.05) is 0 Å². The summed E-state index contributed by atoms with van der Waals surface area (Å²) in [4.78, 5) is 4.15. The predicted molar refractivity (Wildman–Crippen MR) is 79.9 cm³/mol. The fourth-order valence-corrected chi connectivity index (χ4v) is 1.95. The van der Waals surface area contributed by atoms with Crippen molar-refractivity contribution in [1.29, 1.82) is 0 Å². The summed E-state index contributed by atoms with van der Waals surface area (Å²) in [6, 6.07) is 9.49. The van der Waals surface area contributed by atoms with Crippen molar-refractivity contribution < 1.29 is 5.11 Å². The van der Waals surface area contributed by atoms with Gasteiger partial charge in [0.1, 0.15) is 0 Å². The summed E-state index contributed by atoms with van der Waals surface area (Å²) >= 11 is 0. The van der Waals surface area contributed by atoms with E-state index in [1.165, 1.54) is 0 Å². The molecule has 0 fully saturated rings. The van der Waals surface area contributed by atoms with Gasteiger partial charge in [0.15, 0.2) is 11.4 Å². The van der Waals surface area contributed by atoms with Gasteiger partial charge in [0.25, 0.3) is 0 Å². The summed E-state index contributed by atoms with van der Waals surface area (Å²) < 4.78 is 1.83. The van der Waals surface area contributed by atoms with Gasteiger partial charge in [0.2, 0.25) is 0 Å². The molecule has 0 radical (unpaired) electrons. The van der Waals surface area contributed by atoms with Crippen LogP contribution in [0.15, 0.2) is 55.4 Å². The lowest BCUT2D eigenvalue weighted by molar-refractivity contribution is 0.0914. The van der Waals surface area contributed by atoms with Gasteiger partial charge in [0, 0.05) is 19.4 Å². The van der Waals surface area contributed by atoms with Gasteiger partial charge in [0.05, 0.1) is 0 Å². The Balaban J connectivity index is 2.36. The van der Waals surface area contributed by atoms with Gasteiger partial charge in [-0.3, -0.25) is 0 Å². The van der Waals surface area contributed by atoms with Gasteiger partial charge in [-0.1, -0.05) is 42.3 Å². The van der Waals surface area contributed by atoms with Gasteiger partial charge in [-0.25, -0.2) is 4.98 Å². The van der Waals surface area contributed by atoms with Crippen LogP contribution in [0.1, 0.15) is 24.2 Å². The largest absolute Gasteiger partial charge is 0.373 e. The third-order valence-electron chi connectivity index (χ3n) is 3.16. The van der Waals surface area contributed by atoms with Crippen LogP contribution in [0, 0.1) is 11.8 Å². The maximum absolute atomic E-state index is 10.8. The monoisotopic (exact) mass is 266 g/mol. The average molecular weight is 266 g/mol. The first-order valence-corrected chi connectivity index (χ1v) is 6.55. The van der Waals surface area contributed by atoms with Gasteiger partial charge in [-0.15, -0.1) is 6.58 Å². The lowest BCUT2D eigenvalue weighted by Gasteiger charge is -2.22. The van der Waals surface area contributed by atoms with Crippen LogP contribution in [0.5, 0.6) is 0 Å². The first-order valence-electron chi connectivity index (χ1n) is 6.55. The number of nitrogens with zero attached hydrogens (tertiary/aromatic N) is 2. The summed E-state index contributed by atoms with van der Waals surface area (Å²) in [6.07, 6.45) is 6.51. The van der Waals surface area contributed by atoms with E-state index in [-0.39, 0.29) is 0 Å². The SMILES string of the molecule is C=CCCC(O)(C#Cc1nccn1C)c1ccccc1. The number of aryl methyl sites for hydroxylation is 1. The van der Waals surface area contributed by atoms with Crippen LogP contribution >= 0.6 is 0 Å². The number of imidazole rings is 1. The Hall–Kier alpha value is -2.31. The molecule has 2 rings (SSSR count).